The van der Waals surface area contributed by atoms with E-state index < -0.39 is 5.97 Å². The summed E-state index contributed by atoms with van der Waals surface area (Å²) in [6.07, 6.45) is 3.28. The highest BCUT2D eigenvalue weighted by molar-refractivity contribution is 5.88. The van der Waals surface area contributed by atoms with Gasteiger partial charge < -0.3 is 14.1 Å². The minimum absolute atomic E-state index is 0.110. The van der Waals surface area contributed by atoms with Crippen molar-refractivity contribution in [1.29, 1.82) is 0 Å². The van der Waals surface area contributed by atoms with Crippen molar-refractivity contribution in [3.05, 3.63) is 57.7 Å². The molecule has 7 nitrogen and oxygen atoms in total. The molecule has 3 aromatic rings. The fourth-order valence-corrected chi connectivity index (χ4v) is 2.27. The minimum atomic E-state index is -1.04. The number of aromatic nitrogens is 3. The van der Waals surface area contributed by atoms with Crippen molar-refractivity contribution in [2.75, 3.05) is 0 Å². The maximum atomic E-state index is 12.3. The quantitative estimate of drug-likeness (QED) is 0.787. The lowest BCUT2D eigenvalue weighted by Crippen LogP contribution is -2.21. The molecule has 0 aliphatic rings. The average molecular weight is 287 g/mol. The van der Waals surface area contributed by atoms with Crippen LogP contribution in [0.1, 0.15) is 27.6 Å². The minimum Gasteiger partial charge on any atom is -0.478 e. The number of hydrogen-bond acceptors (Lipinski definition) is 4. The molecular formula is C14H13N3O4. The number of carbonyl (C=O) groups is 1. The number of aromatic carboxylic acids is 1. The van der Waals surface area contributed by atoms with Gasteiger partial charge in [-0.25, -0.2) is 9.31 Å². The zero-order valence-corrected chi connectivity index (χ0v) is 11.5. The number of rotatable bonds is 3. The summed E-state index contributed by atoms with van der Waals surface area (Å²) in [7, 11) is 0. The first-order chi connectivity index (χ1) is 9.95. The summed E-state index contributed by atoms with van der Waals surface area (Å²) < 4.78 is 8.37. The van der Waals surface area contributed by atoms with Crippen molar-refractivity contribution in [2.24, 2.45) is 0 Å². The van der Waals surface area contributed by atoms with Gasteiger partial charge in [0.15, 0.2) is 0 Å². The first-order valence-corrected chi connectivity index (χ1v) is 6.34. The van der Waals surface area contributed by atoms with E-state index in [-0.39, 0.29) is 17.7 Å². The third-order valence-electron chi connectivity index (χ3n) is 3.25. The molecular weight excluding hydrogens is 274 g/mol. The summed E-state index contributed by atoms with van der Waals surface area (Å²) in [4.78, 5) is 23.3. The van der Waals surface area contributed by atoms with Gasteiger partial charge in [-0.2, -0.15) is 5.10 Å². The number of nitrogens with zero attached hydrogens (tertiary/aromatic N) is 3. The second-order valence-corrected chi connectivity index (χ2v) is 4.83. The molecule has 0 fully saturated rings. The van der Waals surface area contributed by atoms with E-state index in [0.717, 1.165) is 5.69 Å². The second-order valence-electron chi connectivity index (χ2n) is 4.83. The Morgan fingerprint density at radius 2 is 2.10 bits per heavy atom. The van der Waals surface area contributed by atoms with Gasteiger partial charge in [0.05, 0.1) is 12.2 Å². The molecule has 3 heterocycles. The highest BCUT2D eigenvalue weighted by atomic mass is 16.4. The van der Waals surface area contributed by atoms with Gasteiger partial charge in [0.1, 0.15) is 22.6 Å². The van der Waals surface area contributed by atoms with Crippen molar-refractivity contribution >= 4 is 11.5 Å². The van der Waals surface area contributed by atoms with E-state index in [9.17, 15) is 9.59 Å². The molecule has 7 heteroatoms. The normalized spacial score (nSPS) is 11.1. The zero-order valence-electron chi connectivity index (χ0n) is 11.5. The summed E-state index contributed by atoms with van der Waals surface area (Å²) in [6.45, 7) is 3.57. The van der Waals surface area contributed by atoms with Crippen LogP contribution in [0.3, 0.4) is 0 Å². The van der Waals surface area contributed by atoms with Crippen molar-refractivity contribution < 1.29 is 14.3 Å². The number of aryl methyl sites for hydroxylation is 2. The number of carboxylic acid groups (broad SMARTS) is 1. The maximum Gasteiger partial charge on any atom is 0.339 e. The molecule has 3 rings (SSSR count). The van der Waals surface area contributed by atoms with Gasteiger partial charge in [0.25, 0.3) is 5.56 Å². The summed E-state index contributed by atoms with van der Waals surface area (Å²) in [5.41, 5.74) is 1.13. The molecule has 3 aromatic heterocycles. The van der Waals surface area contributed by atoms with E-state index >= 15 is 0 Å². The van der Waals surface area contributed by atoms with E-state index in [1.165, 1.54) is 15.1 Å². The average Bonchev–Trinajstić information content (AvgIpc) is 2.96. The van der Waals surface area contributed by atoms with Crippen LogP contribution in [0.4, 0.5) is 0 Å². The number of fused-ring (bicyclic) bond motifs is 1. The molecule has 108 valence electrons. The molecule has 0 atom stereocenters. The van der Waals surface area contributed by atoms with E-state index in [1.807, 2.05) is 6.92 Å². The van der Waals surface area contributed by atoms with Crippen LogP contribution in [0.2, 0.25) is 0 Å². The largest absolute Gasteiger partial charge is 0.478 e. The van der Waals surface area contributed by atoms with Crippen molar-refractivity contribution in [1.82, 2.24) is 14.2 Å². The SMILES string of the molecule is Cc1cc2c(=O)n(Cc3cc(C(=O)O)c(C)o3)ccn2n1. The van der Waals surface area contributed by atoms with Gasteiger partial charge in [-0.3, -0.25) is 4.79 Å². The molecule has 0 radical (unpaired) electrons. The predicted molar refractivity (Wildman–Crippen MR) is 73.7 cm³/mol. The van der Waals surface area contributed by atoms with Crippen LogP contribution < -0.4 is 5.56 Å². The Balaban J connectivity index is 2.02. The monoisotopic (exact) mass is 287 g/mol. The molecule has 0 aromatic carbocycles. The highest BCUT2D eigenvalue weighted by Crippen LogP contribution is 2.15. The van der Waals surface area contributed by atoms with Gasteiger partial charge in [0, 0.05) is 12.4 Å². The van der Waals surface area contributed by atoms with Crippen LogP contribution in [0.5, 0.6) is 0 Å². The Bertz CT molecular complexity index is 901. The Morgan fingerprint density at radius 3 is 2.76 bits per heavy atom. The summed E-state index contributed by atoms with van der Waals surface area (Å²) in [5.74, 6) is -0.295. The summed E-state index contributed by atoms with van der Waals surface area (Å²) in [6, 6.07) is 3.14. The molecule has 0 saturated heterocycles. The lowest BCUT2D eigenvalue weighted by molar-refractivity contribution is 0.0695. The predicted octanol–water partition coefficient (Wildman–Crippen LogP) is 1.45. The van der Waals surface area contributed by atoms with Gasteiger partial charge in [0.2, 0.25) is 0 Å². The molecule has 0 unspecified atom stereocenters. The van der Waals surface area contributed by atoms with Gasteiger partial charge in [-0.05, 0) is 26.0 Å². The number of furan rings is 1. The van der Waals surface area contributed by atoms with Crippen LogP contribution >= 0.6 is 0 Å². The molecule has 21 heavy (non-hydrogen) atoms. The Kier molecular flexibility index (Phi) is 2.90. The topological polar surface area (TPSA) is 89.7 Å². The van der Waals surface area contributed by atoms with Crippen molar-refractivity contribution in [3.63, 3.8) is 0 Å². The highest BCUT2D eigenvalue weighted by Gasteiger charge is 2.14. The van der Waals surface area contributed by atoms with Gasteiger partial charge >= 0.3 is 5.97 Å². The Hall–Kier alpha value is -2.83. The van der Waals surface area contributed by atoms with Crippen molar-refractivity contribution in [3.8, 4) is 0 Å². The Morgan fingerprint density at radius 1 is 1.33 bits per heavy atom. The van der Waals surface area contributed by atoms with Crippen LogP contribution in [0.25, 0.3) is 5.52 Å². The third-order valence-corrected chi connectivity index (χ3v) is 3.25. The third kappa shape index (κ3) is 2.22. The molecule has 0 spiro atoms. The Labute approximate surface area is 119 Å². The fraction of sp³-hybridized carbons (Fsp3) is 0.214. The van der Waals surface area contributed by atoms with E-state index in [0.29, 0.717) is 17.0 Å². The number of hydrogen-bond donors (Lipinski definition) is 1. The second kappa shape index (κ2) is 4.62. The van der Waals surface area contributed by atoms with E-state index in [2.05, 4.69) is 5.10 Å². The summed E-state index contributed by atoms with van der Waals surface area (Å²) >= 11 is 0. The standard InChI is InChI=1S/C14H13N3O4/c1-8-5-12-13(18)16(3-4-17(12)15-8)7-10-6-11(14(19)20)9(2)21-10/h3-6H,7H2,1-2H3,(H,19,20). The molecule has 0 amide bonds. The molecule has 1 N–H and O–H groups in total. The van der Waals surface area contributed by atoms with Crippen LogP contribution in [-0.4, -0.2) is 25.3 Å². The van der Waals surface area contributed by atoms with Crippen LogP contribution in [0, 0.1) is 13.8 Å². The maximum absolute atomic E-state index is 12.3. The molecule has 0 bridgehead atoms. The van der Waals surface area contributed by atoms with Crippen molar-refractivity contribution in [2.45, 2.75) is 20.4 Å². The first-order valence-electron chi connectivity index (χ1n) is 6.34. The zero-order chi connectivity index (χ0) is 15.1. The first kappa shape index (κ1) is 13.2. The summed E-state index contributed by atoms with van der Waals surface area (Å²) in [5, 5.41) is 13.2. The lowest BCUT2D eigenvalue weighted by Gasteiger charge is -2.03. The number of carboxylic acids is 1. The van der Waals surface area contributed by atoms with E-state index in [4.69, 9.17) is 9.52 Å². The molecule has 0 aliphatic carbocycles. The lowest BCUT2D eigenvalue weighted by atomic mass is 10.2. The van der Waals surface area contributed by atoms with Crippen LogP contribution in [0.15, 0.2) is 33.7 Å². The molecule has 0 aliphatic heterocycles. The fourth-order valence-electron chi connectivity index (χ4n) is 2.27. The van der Waals surface area contributed by atoms with Gasteiger partial charge in [-0.1, -0.05) is 0 Å². The smallest absolute Gasteiger partial charge is 0.339 e. The van der Waals surface area contributed by atoms with Crippen LogP contribution in [-0.2, 0) is 6.54 Å². The van der Waals surface area contributed by atoms with Gasteiger partial charge in [-0.15, -0.1) is 0 Å². The molecule has 0 saturated carbocycles. The van der Waals surface area contributed by atoms with E-state index in [1.54, 1.807) is 25.4 Å².